The van der Waals surface area contributed by atoms with E-state index in [9.17, 15) is 9.90 Å². The van der Waals surface area contributed by atoms with Gasteiger partial charge in [0.15, 0.2) is 0 Å². The molecular weight excluding hydrogens is 392 g/mol. The molecule has 5 rings (SSSR count). The molecule has 32 heavy (non-hydrogen) atoms. The second-order valence-corrected chi connectivity index (χ2v) is 14.5. The van der Waals surface area contributed by atoms with Crippen LogP contribution in [-0.4, -0.2) is 11.1 Å². The van der Waals surface area contributed by atoms with Crippen molar-refractivity contribution in [2.24, 2.45) is 62.6 Å². The van der Waals surface area contributed by atoms with E-state index in [2.05, 4.69) is 60.6 Å². The fourth-order valence-electron chi connectivity index (χ4n) is 11.2. The molecule has 5 aliphatic rings. The maximum atomic E-state index is 12.8. The molecule has 0 radical (unpaired) electrons. The lowest BCUT2D eigenvalue weighted by atomic mass is 9.32. The van der Waals surface area contributed by atoms with Gasteiger partial charge < -0.3 is 5.11 Å². The Morgan fingerprint density at radius 3 is 2.25 bits per heavy atom. The molecule has 0 amide bonds. The molecule has 180 valence electrons. The maximum absolute atomic E-state index is 12.8. The van der Waals surface area contributed by atoms with Crippen LogP contribution < -0.4 is 0 Å². The van der Waals surface area contributed by atoms with Crippen LogP contribution in [0.2, 0.25) is 0 Å². The van der Waals surface area contributed by atoms with Crippen LogP contribution in [0.25, 0.3) is 0 Å². The predicted octanol–water partition coefficient (Wildman–Crippen LogP) is 7.97. The molecule has 10 atom stereocenters. The Labute approximate surface area is 197 Å². The summed E-state index contributed by atoms with van der Waals surface area (Å²) in [5.74, 6) is 3.09. The van der Waals surface area contributed by atoms with Crippen LogP contribution in [0.4, 0.5) is 0 Å². The fourth-order valence-corrected chi connectivity index (χ4v) is 11.2. The predicted molar refractivity (Wildman–Crippen MR) is 131 cm³/mol. The molecule has 0 heterocycles. The topological polar surface area (TPSA) is 37.3 Å². The summed E-state index contributed by atoms with van der Waals surface area (Å²) in [4.78, 5) is 12.8. The number of hydrogen-bond acceptors (Lipinski definition) is 1. The molecule has 0 unspecified atom stereocenters. The summed E-state index contributed by atoms with van der Waals surface area (Å²) in [7, 11) is 0. The normalized spacial score (nSPS) is 56.3. The van der Waals surface area contributed by atoms with E-state index in [1.165, 1.54) is 32.1 Å². The van der Waals surface area contributed by atoms with Crippen LogP contribution in [0.5, 0.6) is 0 Å². The number of fused-ring (bicyclic) bond motifs is 7. The summed E-state index contributed by atoms with van der Waals surface area (Å²) in [6.45, 7) is 17.6. The van der Waals surface area contributed by atoms with E-state index < -0.39 is 11.4 Å². The average Bonchev–Trinajstić information content (AvgIpc) is 2.70. The number of allylic oxidation sites excluding steroid dienone is 2. The molecule has 0 bridgehead atoms. The van der Waals surface area contributed by atoms with Crippen molar-refractivity contribution in [3.8, 4) is 0 Å². The first-order valence-corrected chi connectivity index (χ1v) is 13.7. The van der Waals surface area contributed by atoms with Gasteiger partial charge in [-0.25, -0.2) is 0 Å². The number of aliphatic carboxylic acids is 1. The molecule has 0 aliphatic heterocycles. The van der Waals surface area contributed by atoms with Crippen LogP contribution in [0.1, 0.15) is 106 Å². The van der Waals surface area contributed by atoms with Crippen molar-refractivity contribution in [3.63, 3.8) is 0 Å². The zero-order chi connectivity index (χ0) is 23.3. The van der Waals surface area contributed by atoms with Crippen molar-refractivity contribution in [2.75, 3.05) is 0 Å². The zero-order valence-electron chi connectivity index (χ0n) is 21.8. The van der Waals surface area contributed by atoms with Gasteiger partial charge in [0.1, 0.15) is 0 Å². The summed E-state index contributed by atoms with van der Waals surface area (Å²) in [5, 5.41) is 10.5. The first kappa shape index (κ1) is 23.0. The first-order valence-electron chi connectivity index (χ1n) is 13.7. The van der Waals surface area contributed by atoms with E-state index in [-0.39, 0.29) is 10.8 Å². The van der Waals surface area contributed by atoms with Crippen LogP contribution in [0, 0.1) is 62.6 Å². The molecular formula is C30H48O2. The summed E-state index contributed by atoms with van der Waals surface area (Å²) in [5.41, 5.74) is 0.780. The minimum absolute atomic E-state index is 0.258. The summed E-state index contributed by atoms with van der Waals surface area (Å²) < 4.78 is 0. The lowest BCUT2D eigenvalue weighted by Crippen LogP contribution is -2.67. The molecule has 1 N–H and O–H groups in total. The van der Waals surface area contributed by atoms with Crippen molar-refractivity contribution in [3.05, 3.63) is 12.2 Å². The Hall–Kier alpha value is -0.790. The van der Waals surface area contributed by atoms with Gasteiger partial charge in [-0.15, -0.1) is 0 Å². The lowest BCUT2D eigenvalue weighted by Gasteiger charge is -2.72. The first-order chi connectivity index (χ1) is 14.8. The van der Waals surface area contributed by atoms with Gasteiger partial charge in [0.2, 0.25) is 0 Å². The molecule has 4 saturated carbocycles. The second-order valence-electron chi connectivity index (χ2n) is 14.5. The number of rotatable bonds is 1. The highest BCUT2D eigenvalue weighted by Gasteiger charge is 2.70. The molecule has 2 nitrogen and oxygen atoms in total. The van der Waals surface area contributed by atoms with E-state index >= 15 is 0 Å². The van der Waals surface area contributed by atoms with Crippen LogP contribution in [-0.2, 0) is 4.79 Å². The maximum Gasteiger partial charge on any atom is 0.309 e. The fraction of sp³-hybridized carbons (Fsp3) is 0.900. The van der Waals surface area contributed by atoms with Gasteiger partial charge in [-0.3, -0.25) is 4.79 Å². The smallest absolute Gasteiger partial charge is 0.309 e. The number of hydrogen-bond donors (Lipinski definition) is 1. The highest BCUT2D eigenvalue weighted by Crippen LogP contribution is 2.76. The third kappa shape index (κ3) is 2.62. The summed E-state index contributed by atoms with van der Waals surface area (Å²) in [6.07, 6.45) is 15.6. The second kappa shape index (κ2) is 6.88. The van der Waals surface area contributed by atoms with Crippen LogP contribution >= 0.6 is 0 Å². The summed E-state index contributed by atoms with van der Waals surface area (Å²) in [6, 6.07) is 0. The van der Waals surface area contributed by atoms with E-state index in [4.69, 9.17) is 0 Å². The van der Waals surface area contributed by atoms with Crippen molar-refractivity contribution in [2.45, 2.75) is 106 Å². The molecule has 0 aromatic rings. The van der Waals surface area contributed by atoms with Crippen LogP contribution in [0.15, 0.2) is 12.2 Å². The van der Waals surface area contributed by atoms with E-state index in [0.717, 1.165) is 37.5 Å². The number of carboxylic acid groups (broad SMARTS) is 1. The lowest BCUT2D eigenvalue weighted by molar-refractivity contribution is -0.237. The molecule has 5 aliphatic carbocycles. The van der Waals surface area contributed by atoms with Gasteiger partial charge >= 0.3 is 5.97 Å². The quantitative estimate of drug-likeness (QED) is 0.420. The highest BCUT2D eigenvalue weighted by molar-refractivity contribution is 5.75. The molecule has 0 aromatic carbocycles. The largest absolute Gasteiger partial charge is 0.481 e. The minimum atomic E-state index is -0.483. The average molecular weight is 441 g/mol. The Morgan fingerprint density at radius 1 is 0.844 bits per heavy atom. The van der Waals surface area contributed by atoms with E-state index in [1.54, 1.807) is 0 Å². The molecule has 0 saturated heterocycles. The number of carbonyl (C=O) groups is 1. The van der Waals surface area contributed by atoms with E-state index in [0.29, 0.717) is 34.5 Å². The number of carboxylic acids is 1. The zero-order valence-corrected chi connectivity index (χ0v) is 21.8. The summed E-state index contributed by atoms with van der Waals surface area (Å²) >= 11 is 0. The van der Waals surface area contributed by atoms with Crippen molar-refractivity contribution in [1.82, 2.24) is 0 Å². The Balaban J connectivity index is 1.58. The third-order valence-electron chi connectivity index (χ3n) is 13.3. The Bertz CT molecular complexity index is 827. The van der Waals surface area contributed by atoms with Gasteiger partial charge in [0.25, 0.3) is 0 Å². The SMILES string of the molecule is C[C@@H]1[C@H]2[C@H]3CC[C@@H]4[C@@]5(C)C=CCC(C)(C)[C@@H]5CC[C@@]4(C)[C@]3(C)CC[C@@]2(C(=O)O)CC[C@H]1C. The Kier molecular flexibility index (Phi) is 4.94. The third-order valence-corrected chi connectivity index (χ3v) is 13.3. The van der Waals surface area contributed by atoms with Crippen molar-refractivity contribution < 1.29 is 9.90 Å². The molecule has 2 heteroatoms. The van der Waals surface area contributed by atoms with Gasteiger partial charge in [-0.05, 0) is 115 Å². The van der Waals surface area contributed by atoms with E-state index in [1.807, 2.05) is 0 Å². The highest BCUT2D eigenvalue weighted by atomic mass is 16.4. The standard InChI is InChI=1S/C30H48O2/c1-19-11-16-30(25(31)32)18-17-28(6)21(24(30)20(19)2)9-10-23-27(5)14-8-13-26(3,4)22(27)12-15-29(23,28)7/h8,14,19-24H,9-13,15-18H2,1-7H3,(H,31,32)/t19-,20+,21-,22+,23-,24+,27+,28-,29-,30+/m1/s1. The monoisotopic (exact) mass is 440 g/mol. The minimum Gasteiger partial charge on any atom is -0.481 e. The van der Waals surface area contributed by atoms with Crippen molar-refractivity contribution >= 4 is 5.97 Å². The van der Waals surface area contributed by atoms with Gasteiger partial charge in [0.05, 0.1) is 5.41 Å². The Morgan fingerprint density at radius 2 is 1.56 bits per heavy atom. The molecule has 4 fully saturated rings. The van der Waals surface area contributed by atoms with Crippen LogP contribution in [0.3, 0.4) is 0 Å². The van der Waals surface area contributed by atoms with Crippen molar-refractivity contribution in [1.29, 1.82) is 0 Å². The van der Waals surface area contributed by atoms with Gasteiger partial charge in [0, 0.05) is 0 Å². The molecule has 0 aromatic heterocycles. The van der Waals surface area contributed by atoms with Gasteiger partial charge in [-0.2, -0.15) is 0 Å². The van der Waals surface area contributed by atoms with Gasteiger partial charge in [-0.1, -0.05) is 60.6 Å². The molecule has 0 spiro atoms.